The molecule has 94 valence electrons. The third-order valence-corrected chi connectivity index (χ3v) is 3.07. The molecule has 18 heavy (non-hydrogen) atoms. The Balaban J connectivity index is 2.16. The van der Waals surface area contributed by atoms with Crippen molar-refractivity contribution in [1.82, 2.24) is 0 Å². The van der Waals surface area contributed by atoms with Crippen LogP contribution in [0.25, 0.3) is 0 Å². The van der Waals surface area contributed by atoms with Crippen LogP contribution < -0.4 is 10.6 Å². The summed E-state index contributed by atoms with van der Waals surface area (Å²) < 4.78 is 0. The van der Waals surface area contributed by atoms with Crippen molar-refractivity contribution in [2.24, 2.45) is 0 Å². The molecule has 0 spiro atoms. The first-order chi connectivity index (χ1) is 8.54. The van der Waals surface area contributed by atoms with Crippen molar-refractivity contribution in [1.29, 1.82) is 0 Å². The smallest absolute Gasteiger partial charge is 0.0426 e. The molecule has 2 rings (SSSR count). The molecule has 0 aliphatic heterocycles. The van der Waals surface area contributed by atoms with Crippen molar-refractivity contribution in [2.75, 3.05) is 17.7 Å². The molecule has 0 fully saturated rings. The maximum atomic E-state index is 5.88. The number of nitrogen functional groups attached to an aromatic ring is 1. The Hall–Kier alpha value is -1.96. The Labute approximate surface area is 109 Å². The predicted octanol–water partition coefficient (Wildman–Crippen LogP) is 3.52. The molecule has 0 radical (unpaired) electrons. The predicted molar refractivity (Wildman–Crippen MR) is 78.9 cm³/mol. The number of nitrogens with two attached hydrogens (primary N) is 1. The van der Waals surface area contributed by atoms with Crippen molar-refractivity contribution in [3.63, 3.8) is 0 Å². The Morgan fingerprint density at radius 3 is 2.22 bits per heavy atom. The van der Waals surface area contributed by atoms with E-state index in [9.17, 15) is 0 Å². The fraction of sp³-hybridized carbons (Fsp3) is 0.250. The third kappa shape index (κ3) is 3.04. The third-order valence-electron chi connectivity index (χ3n) is 3.07. The second-order valence-electron chi connectivity index (χ2n) is 4.94. The molecule has 0 atom stereocenters. The summed E-state index contributed by atoms with van der Waals surface area (Å²) in [6.07, 6.45) is 0. The highest BCUT2D eigenvalue weighted by atomic mass is 15.1. The number of anilines is 2. The highest BCUT2D eigenvalue weighted by Gasteiger charge is 2.03. The highest BCUT2D eigenvalue weighted by molar-refractivity contribution is 5.58. The average molecular weight is 240 g/mol. The lowest BCUT2D eigenvalue weighted by Crippen LogP contribution is -2.16. The molecule has 0 heterocycles. The van der Waals surface area contributed by atoms with Crippen LogP contribution in [0.3, 0.4) is 0 Å². The van der Waals surface area contributed by atoms with E-state index in [-0.39, 0.29) is 0 Å². The van der Waals surface area contributed by atoms with E-state index in [4.69, 9.17) is 5.73 Å². The van der Waals surface area contributed by atoms with Gasteiger partial charge in [-0.05, 0) is 43.2 Å². The van der Waals surface area contributed by atoms with Gasteiger partial charge in [0.1, 0.15) is 0 Å². The lowest BCUT2D eigenvalue weighted by atomic mass is 10.1. The molecule has 0 saturated carbocycles. The lowest BCUT2D eigenvalue weighted by Gasteiger charge is -2.20. The molecule has 2 nitrogen and oxygen atoms in total. The van der Waals surface area contributed by atoms with E-state index < -0.39 is 0 Å². The summed E-state index contributed by atoms with van der Waals surface area (Å²) in [5.41, 5.74) is 11.7. The largest absolute Gasteiger partial charge is 0.399 e. The van der Waals surface area contributed by atoms with Gasteiger partial charge in [-0.2, -0.15) is 0 Å². The Bertz CT molecular complexity index is 509. The van der Waals surface area contributed by atoms with E-state index in [0.29, 0.717) is 0 Å². The standard InChI is InChI=1S/C16H20N2/c1-12-4-6-14(7-5-12)11-18(3)16-9-13(2)8-15(17)10-16/h4-10H,11,17H2,1-3H3. The van der Waals surface area contributed by atoms with E-state index in [1.54, 1.807) is 0 Å². The lowest BCUT2D eigenvalue weighted by molar-refractivity contribution is 0.922. The summed E-state index contributed by atoms with van der Waals surface area (Å²) >= 11 is 0. The number of aryl methyl sites for hydroxylation is 2. The van der Waals surface area contributed by atoms with Crippen LogP contribution in [0.5, 0.6) is 0 Å². The number of hydrogen-bond acceptors (Lipinski definition) is 2. The van der Waals surface area contributed by atoms with Gasteiger partial charge < -0.3 is 10.6 Å². The average Bonchev–Trinajstić information content (AvgIpc) is 2.31. The summed E-state index contributed by atoms with van der Waals surface area (Å²) in [6, 6.07) is 14.8. The number of hydrogen-bond donors (Lipinski definition) is 1. The quantitative estimate of drug-likeness (QED) is 0.832. The first-order valence-corrected chi connectivity index (χ1v) is 6.18. The van der Waals surface area contributed by atoms with Crippen LogP contribution in [-0.4, -0.2) is 7.05 Å². The molecule has 0 amide bonds. The molecule has 2 heteroatoms. The van der Waals surface area contributed by atoms with Crippen LogP contribution in [0.15, 0.2) is 42.5 Å². The molecule has 0 aromatic heterocycles. The zero-order valence-corrected chi connectivity index (χ0v) is 11.3. The van der Waals surface area contributed by atoms with Crippen molar-refractivity contribution >= 4 is 11.4 Å². The normalized spacial score (nSPS) is 10.4. The Kier molecular flexibility index (Phi) is 3.56. The first kappa shape index (κ1) is 12.5. The molecule has 0 aliphatic carbocycles. The summed E-state index contributed by atoms with van der Waals surface area (Å²) in [7, 11) is 2.09. The number of benzene rings is 2. The van der Waals surface area contributed by atoms with E-state index in [1.165, 1.54) is 16.7 Å². The Morgan fingerprint density at radius 1 is 0.944 bits per heavy atom. The molecule has 0 saturated heterocycles. The van der Waals surface area contributed by atoms with Gasteiger partial charge in [-0.3, -0.25) is 0 Å². The maximum absolute atomic E-state index is 5.88. The minimum atomic E-state index is 0.820. The number of nitrogens with zero attached hydrogens (tertiary/aromatic N) is 1. The van der Waals surface area contributed by atoms with E-state index in [2.05, 4.69) is 56.1 Å². The van der Waals surface area contributed by atoms with Gasteiger partial charge in [0.2, 0.25) is 0 Å². The van der Waals surface area contributed by atoms with Gasteiger partial charge in [0.05, 0.1) is 0 Å². The summed E-state index contributed by atoms with van der Waals surface area (Å²) in [5, 5.41) is 0. The highest BCUT2D eigenvalue weighted by Crippen LogP contribution is 2.21. The van der Waals surface area contributed by atoms with Gasteiger partial charge in [0.15, 0.2) is 0 Å². The maximum Gasteiger partial charge on any atom is 0.0426 e. The summed E-state index contributed by atoms with van der Waals surface area (Å²) in [4.78, 5) is 2.22. The van der Waals surface area contributed by atoms with Gasteiger partial charge in [-0.1, -0.05) is 29.8 Å². The summed E-state index contributed by atoms with van der Waals surface area (Å²) in [5.74, 6) is 0. The molecular formula is C16H20N2. The molecule has 2 N–H and O–H groups in total. The molecule has 2 aromatic rings. The number of rotatable bonds is 3. The second kappa shape index (κ2) is 5.13. The molecule has 0 aliphatic rings. The Morgan fingerprint density at radius 2 is 1.61 bits per heavy atom. The molecule has 0 unspecified atom stereocenters. The van der Waals surface area contributed by atoms with Gasteiger partial charge in [0.25, 0.3) is 0 Å². The van der Waals surface area contributed by atoms with Crippen LogP contribution >= 0.6 is 0 Å². The minimum Gasteiger partial charge on any atom is -0.399 e. The van der Waals surface area contributed by atoms with E-state index >= 15 is 0 Å². The fourth-order valence-electron chi connectivity index (χ4n) is 2.07. The zero-order valence-electron chi connectivity index (χ0n) is 11.3. The zero-order chi connectivity index (χ0) is 13.1. The SMILES string of the molecule is Cc1ccc(CN(C)c2cc(C)cc(N)c2)cc1. The van der Waals surface area contributed by atoms with Crippen molar-refractivity contribution in [3.05, 3.63) is 59.2 Å². The van der Waals surface area contributed by atoms with Crippen LogP contribution in [-0.2, 0) is 6.54 Å². The topological polar surface area (TPSA) is 29.3 Å². The van der Waals surface area contributed by atoms with Crippen LogP contribution in [0.1, 0.15) is 16.7 Å². The molecule has 2 aromatic carbocycles. The first-order valence-electron chi connectivity index (χ1n) is 6.18. The summed E-state index contributed by atoms with van der Waals surface area (Å²) in [6.45, 7) is 5.07. The van der Waals surface area contributed by atoms with E-state index in [0.717, 1.165) is 17.9 Å². The fourth-order valence-corrected chi connectivity index (χ4v) is 2.07. The second-order valence-corrected chi connectivity index (χ2v) is 4.94. The van der Waals surface area contributed by atoms with Gasteiger partial charge in [-0.25, -0.2) is 0 Å². The van der Waals surface area contributed by atoms with Crippen LogP contribution in [0, 0.1) is 13.8 Å². The van der Waals surface area contributed by atoms with Gasteiger partial charge in [0, 0.05) is 25.0 Å². The van der Waals surface area contributed by atoms with Crippen LogP contribution in [0.2, 0.25) is 0 Å². The van der Waals surface area contributed by atoms with E-state index in [1.807, 2.05) is 12.1 Å². The van der Waals surface area contributed by atoms with Gasteiger partial charge >= 0.3 is 0 Å². The van der Waals surface area contributed by atoms with Gasteiger partial charge in [-0.15, -0.1) is 0 Å². The monoisotopic (exact) mass is 240 g/mol. The van der Waals surface area contributed by atoms with Crippen LogP contribution in [0.4, 0.5) is 11.4 Å². The van der Waals surface area contributed by atoms with Crippen molar-refractivity contribution in [2.45, 2.75) is 20.4 Å². The molecular weight excluding hydrogens is 220 g/mol. The minimum absolute atomic E-state index is 0.820. The van der Waals surface area contributed by atoms with Crippen molar-refractivity contribution in [3.8, 4) is 0 Å². The molecule has 0 bridgehead atoms. The van der Waals surface area contributed by atoms with Crippen molar-refractivity contribution < 1.29 is 0 Å².